The predicted octanol–water partition coefficient (Wildman–Crippen LogP) is 10.8. The zero-order chi connectivity index (χ0) is 34.3. The van der Waals surface area contributed by atoms with E-state index in [0.29, 0.717) is 28.3 Å². The Bertz CT molecular complexity index is 2780. The molecule has 206 valence electrons. The van der Waals surface area contributed by atoms with Gasteiger partial charge in [0.25, 0.3) is 0 Å². The molecule has 0 bridgehead atoms. The third-order valence-corrected chi connectivity index (χ3v) is 8.74. The van der Waals surface area contributed by atoms with Gasteiger partial charge in [-0.3, -0.25) is 0 Å². The predicted molar refractivity (Wildman–Crippen MR) is 182 cm³/mol. The number of rotatable bonds is 4. The second kappa shape index (κ2) is 9.97. The first kappa shape index (κ1) is 19.5. The van der Waals surface area contributed by atoms with Crippen molar-refractivity contribution in [1.29, 1.82) is 0 Å². The van der Waals surface area contributed by atoms with Crippen molar-refractivity contribution in [3.8, 4) is 45.3 Å². The summed E-state index contributed by atoms with van der Waals surface area (Å²) in [5.74, 6) is 0.702. The van der Waals surface area contributed by atoms with Crippen LogP contribution in [-0.4, -0.2) is 15.0 Å². The highest BCUT2D eigenvalue weighted by Gasteiger charge is 2.16. The largest absolute Gasteiger partial charge is 0.456 e. The van der Waals surface area contributed by atoms with Gasteiger partial charge in [-0.05, 0) is 47.4 Å². The van der Waals surface area contributed by atoms with Gasteiger partial charge in [-0.2, -0.15) is 0 Å². The number of thiophene rings is 1. The molecule has 6 aromatic carbocycles. The van der Waals surface area contributed by atoms with Crippen LogP contribution in [-0.2, 0) is 0 Å². The molecule has 3 aromatic heterocycles. The van der Waals surface area contributed by atoms with Gasteiger partial charge in [-0.15, -0.1) is 11.3 Å². The summed E-state index contributed by atoms with van der Waals surface area (Å²) in [6.07, 6.45) is 0. The summed E-state index contributed by atoms with van der Waals surface area (Å²) < 4.78 is 63.5. The zero-order valence-corrected chi connectivity index (χ0v) is 23.8. The second-order valence-corrected chi connectivity index (χ2v) is 11.4. The van der Waals surface area contributed by atoms with Gasteiger partial charge in [-0.1, -0.05) is 103 Å². The number of benzene rings is 6. The molecule has 9 aromatic rings. The number of hydrogen-bond donors (Lipinski definition) is 0. The molecule has 0 aliphatic carbocycles. The fraction of sp³-hybridized carbons (Fsp3) is 0. The molecule has 0 saturated heterocycles. The Kier molecular flexibility index (Phi) is 4.42. The third-order valence-electron chi connectivity index (χ3n) is 7.61. The van der Waals surface area contributed by atoms with E-state index in [1.807, 2.05) is 103 Å². The first-order valence-electron chi connectivity index (χ1n) is 17.1. The molecule has 9 rings (SSSR count). The van der Waals surface area contributed by atoms with Crippen LogP contribution in [0.5, 0.6) is 0 Å². The molecule has 0 amide bonds. The molecule has 0 aliphatic rings. The van der Waals surface area contributed by atoms with E-state index in [1.54, 1.807) is 11.3 Å². The number of furan rings is 1. The smallest absolute Gasteiger partial charge is 0.164 e. The van der Waals surface area contributed by atoms with E-state index in [9.17, 15) is 5.48 Å². The number of fused-ring (bicyclic) bond motifs is 6. The van der Waals surface area contributed by atoms with Crippen molar-refractivity contribution in [2.24, 2.45) is 0 Å². The summed E-state index contributed by atoms with van der Waals surface area (Å²) in [6.45, 7) is 0. The summed E-state index contributed by atoms with van der Waals surface area (Å²) in [7, 11) is 0. The summed E-state index contributed by atoms with van der Waals surface area (Å²) in [4.78, 5) is 14.1. The minimum Gasteiger partial charge on any atom is -0.456 e. The maximum Gasteiger partial charge on any atom is 0.164 e. The Hall–Kier alpha value is -5.65. The quantitative estimate of drug-likeness (QED) is 0.205. The molecule has 0 radical (unpaired) electrons. The van der Waals surface area contributed by atoms with Crippen molar-refractivity contribution in [1.82, 2.24) is 15.0 Å². The Morgan fingerprint density at radius 1 is 0.477 bits per heavy atom. The lowest BCUT2D eigenvalue weighted by atomic mass is 9.98. The summed E-state index contributed by atoms with van der Waals surface area (Å²) in [5.41, 5.74) is 2.11. The Morgan fingerprint density at radius 2 is 1.11 bits per heavy atom. The molecule has 0 aliphatic heterocycles. The molecule has 0 saturated carbocycles. The molecule has 4 nitrogen and oxygen atoms in total. The minimum absolute atomic E-state index is 0.0265. The van der Waals surface area contributed by atoms with Gasteiger partial charge in [0.15, 0.2) is 17.5 Å². The van der Waals surface area contributed by atoms with Gasteiger partial charge in [0.1, 0.15) is 11.2 Å². The maximum absolute atomic E-state index is 9.45. The van der Waals surface area contributed by atoms with E-state index >= 15 is 0 Å². The topological polar surface area (TPSA) is 51.8 Å². The number of hydrogen-bond acceptors (Lipinski definition) is 5. The fourth-order valence-corrected chi connectivity index (χ4v) is 6.67. The average Bonchev–Trinajstić information content (AvgIpc) is 3.75. The normalized spacial score (nSPS) is 13.5. The van der Waals surface area contributed by atoms with Gasteiger partial charge < -0.3 is 4.42 Å². The van der Waals surface area contributed by atoms with Gasteiger partial charge in [0.05, 0.1) is 8.22 Å². The van der Waals surface area contributed by atoms with Crippen molar-refractivity contribution < 1.29 is 12.6 Å². The van der Waals surface area contributed by atoms with Crippen LogP contribution in [0, 0.1) is 0 Å². The van der Waals surface area contributed by atoms with Crippen LogP contribution in [0.4, 0.5) is 0 Å². The van der Waals surface area contributed by atoms with Crippen LogP contribution in [0.25, 0.3) is 87.4 Å². The minimum atomic E-state index is -0.317. The highest BCUT2D eigenvalue weighted by atomic mass is 32.1. The molecule has 0 fully saturated rings. The van der Waals surface area contributed by atoms with E-state index in [2.05, 4.69) is 9.97 Å². The fourth-order valence-electron chi connectivity index (χ4n) is 5.54. The van der Waals surface area contributed by atoms with E-state index in [4.69, 9.17) is 12.1 Å². The number of nitrogens with zero attached hydrogens (tertiary/aromatic N) is 3. The molecule has 0 atom stereocenters. The monoisotopic (exact) mass is 587 g/mol. The summed E-state index contributed by atoms with van der Waals surface area (Å²) >= 11 is 1.62. The highest BCUT2D eigenvalue weighted by molar-refractivity contribution is 7.25. The van der Waals surface area contributed by atoms with Crippen LogP contribution in [0.15, 0.2) is 144 Å². The average molecular weight is 588 g/mol. The van der Waals surface area contributed by atoms with Crippen LogP contribution in [0.1, 0.15) is 8.22 Å². The molecular formula is C39H23N3OS. The highest BCUT2D eigenvalue weighted by Crippen LogP contribution is 2.41. The first-order chi connectivity index (χ1) is 24.3. The first-order valence-corrected chi connectivity index (χ1v) is 14.9. The van der Waals surface area contributed by atoms with Crippen LogP contribution in [0.3, 0.4) is 0 Å². The Labute approximate surface area is 265 Å². The van der Waals surface area contributed by atoms with Gasteiger partial charge in [0, 0.05) is 47.6 Å². The van der Waals surface area contributed by atoms with Crippen LogP contribution >= 0.6 is 11.3 Å². The van der Waals surface area contributed by atoms with Gasteiger partial charge in [-0.25, -0.2) is 15.0 Å². The summed E-state index contributed by atoms with van der Waals surface area (Å²) in [6, 6.07) is 30.9. The van der Waals surface area contributed by atoms with Gasteiger partial charge >= 0.3 is 0 Å². The van der Waals surface area contributed by atoms with Crippen molar-refractivity contribution in [3.63, 3.8) is 0 Å². The van der Waals surface area contributed by atoms with Crippen molar-refractivity contribution in [2.45, 2.75) is 0 Å². The van der Waals surface area contributed by atoms with Crippen molar-refractivity contribution >= 4 is 53.4 Å². The van der Waals surface area contributed by atoms with Gasteiger partial charge in [0.2, 0.25) is 0 Å². The third kappa shape index (κ3) is 4.09. The molecule has 5 heteroatoms. The molecular weight excluding hydrogens is 559 g/mol. The van der Waals surface area contributed by atoms with E-state index < -0.39 is 0 Å². The zero-order valence-electron chi connectivity index (χ0n) is 29.0. The molecule has 0 unspecified atom stereocenters. The van der Waals surface area contributed by atoms with E-state index in [-0.39, 0.29) is 75.1 Å². The SMILES string of the molecule is [2H]c1c(-c2cccc3sc4ccccc4c23)c([2H])c2c(oc3c([2H])c(-c4nc(-c5ccccc5)nc(-c5ccccc5)n4)c([2H])c([2H])c32)c1[2H]. The van der Waals surface area contributed by atoms with Crippen molar-refractivity contribution in [3.05, 3.63) is 139 Å². The Balaban J connectivity index is 1.33. The molecule has 0 N–H and O–H groups in total. The maximum atomic E-state index is 9.45. The van der Waals surface area contributed by atoms with Crippen LogP contribution < -0.4 is 0 Å². The standard InChI is InChI=1S/C39H23N3OS/c1-3-10-24(11-4-1)37-40-38(25-12-5-2-6-13-25)42-39(41-37)27-18-20-29-31-22-26(19-21-32(31)43-33(29)23-27)28-15-9-17-35-36(28)30-14-7-8-16-34(30)44-35/h1-23H/i18D,19D,20D,21D,22D,23D. The van der Waals surface area contributed by atoms with Crippen molar-refractivity contribution in [2.75, 3.05) is 0 Å². The Morgan fingerprint density at radius 3 is 1.86 bits per heavy atom. The number of aromatic nitrogens is 3. The lowest BCUT2D eigenvalue weighted by Crippen LogP contribution is -2.00. The second-order valence-electron chi connectivity index (χ2n) is 10.3. The summed E-state index contributed by atoms with van der Waals surface area (Å²) in [5, 5.41) is 2.06. The van der Waals surface area contributed by atoms with E-state index in [1.165, 1.54) is 0 Å². The lowest BCUT2D eigenvalue weighted by molar-refractivity contribution is 0.669. The van der Waals surface area contributed by atoms with E-state index in [0.717, 1.165) is 20.2 Å². The lowest BCUT2D eigenvalue weighted by Gasteiger charge is -2.08. The molecule has 0 spiro atoms. The van der Waals surface area contributed by atoms with Crippen LogP contribution in [0.2, 0.25) is 0 Å². The molecule has 3 heterocycles. The molecule has 44 heavy (non-hydrogen) atoms.